The molecule has 0 saturated carbocycles. The SMILES string of the molecule is COc1ccc2c(c1OC)C(=O)N(C1CCCN(CC3COc4ccccc4O3)C1)C2=O. The highest BCUT2D eigenvalue weighted by Gasteiger charge is 2.44. The van der Waals surface area contributed by atoms with E-state index in [9.17, 15) is 9.59 Å². The van der Waals surface area contributed by atoms with Crippen LogP contribution in [0.2, 0.25) is 0 Å². The van der Waals surface area contributed by atoms with Crippen LogP contribution in [-0.2, 0) is 0 Å². The van der Waals surface area contributed by atoms with E-state index < -0.39 is 0 Å². The number of fused-ring (bicyclic) bond motifs is 2. The maximum absolute atomic E-state index is 13.3. The van der Waals surface area contributed by atoms with Crippen molar-refractivity contribution in [3.63, 3.8) is 0 Å². The highest BCUT2D eigenvalue weighted by atomic mass is 16.6. The van der Waals surface area contributed by atoms with Gasteiger partial charge >= 0.3 is 0 Å². The molecular weight excluding hydrogens is 412 g/mol. The van der Waals surface area contributed by atoms with Gasteiger partial charge in [-0.25, -0.2) is 0 Å². The maximum Gasteiger partial charge on any atom is 0.265 e. The first kappa shape index (κ1) is 20.6. The number of hydrogen-bond donors (Lipinski definition) is 0. The fraction of sp³-hybridized carbons (Fsp3) is 0.417. The topological polar surface area (TPSA) is 77.5 Å². The van der Waals surface area contributed by atoms with Crippen LogP contribution in [0.5, 0.6) is 23.0 Å². The summed E-state index contributed by atoms with van der Waals surface area (Å²) in [7, 11) is 2.99. The zero-order valence-corrected chi connectivity index (χ0v) is 18.2. The summed E-state index contributed by atoms with van der Waals surface area (Å²) < 4.78 is 22.7. The van der Waals surface area contributed by atoms with E-state index in [2.05, 4.69) is 4.90 Å². The van der Waals surface area contributed by atoms with Gasteiger partial charge in [0, 0.05) is 13.1 Å². The fourth-order valence-corrected chi connectivity index (χ4v) is 4.84. The molecule has 2 atom stereocenters. The first-order valence-electron chi connectivity index (χ1n) is 10.8. The average Bonchev–Trinajstić information content (AvgIpc) is 3.08. The third-order valence-corrected chi connectivity index (χ3v) is 6.30. The van der Waals surface area contributed by atoms with Gasteiger partial charge in [0.1, 0.15) is 12.7 Å². The Kier molecular flexibility index (Phi) is 5.38. The Bertz CT molecular complexity index is 1050. The minimum absolute atomic E-state index is 0.102. The van der Waals surface area contributed by atoms with Crippen LogP contribution in [0.4, 0.5) is 0 Å². The van der Waals surface area contributed by atoms with Crippen molar-refractivity contribution in [1.29, 1.82) is 0 Å². The van der Waals surface area contributed by atoms with Crippen LogP contribution in [0.3, 0.4) is 0 Å². The Morgan fingerprint density at radius 1 is 1.03 bits per heavy atom. The number of para-hydroxylation sites is 2. The smallest absolute Gasteiger partial charge is 0.265 e. The summed E-state index contributed by atoms with van der Waals surface area (Å²) in [4.78, 5) is 30.1. The van der Waals surface area contributed by atoms with Crippen LogP contribution in [-0.4, -0.2) is 74.2 Å². The molecule has 0 N–H and O–H groups in total. The van der Waals surface area contributed by atoms with Crippen molar-refractivity contribution in [1.82, 2.24) is 9.80 Å². The summed E-state index contributed by atoms with van der Waals surface area (Å²) in [6.07, 6.45) is 1.56. The van der Waals surface area contributed by atoms with Gasteiger partial charge in [0.05, 0.1) is 31.4 Å². The molecule has 0 aromatic heterocycles. The van der Waals surface area contributed by atoms with Crippen molar-refractivity contribution < 1.29 is 28.5 Å². The standard InChI is InChI=1S/C24H26N2O6/c1-29-20-10-9-17-21(22(20)30-2)24(28)26(23(17)27)15-6-5-11-25(12-15)13-16-14-31-18-7-3-4-8-19(18)32-16/h3-4,7-10,15-16H,5-6,11-14H2,1-2H3. The monoisotopic (exact) mass is 438 g/mol. The van der Waals surface area contributed by atoms with E-state index >= 15 is 0 Å². The molecule has 8 heteroatoms. The molecule has 2 aromatic rings. The molecule has 8 nitrogen and oxygen atoms in total. The summed E-state index contributed by atoms with van der Waals surface area (Å²) >= 11 is 0. The zero-order chi connectivity index (χ0) is 22.2. The van der Waals surface area contributed by atoms with Gasteiger partial charge in [-0.15, -0.1) is 0 Å². The van der Waals surface area contributed by atoms with Gasteiger partial charge in [0.2, 0.25) is 0 Å². The lowest BCUT2D eigenvalue weighted by Crippen LogP contribution is -2.52. The quantitative estimate of drug-likeness (QED) is 0.664. The van der Waals surface area contributed by atoms with E-state index in [-0.39, 0.29) is 29.5 Å². The summed E-state index contributed by atoms with van der Waals surface area (Å²) in [5.74, 6) is 1.66. The van der Waals surface area contributed by atoms with Crippen molar-refractivity contribution in [3.05, 3.63) is 47.5 Å². The fourth-order valence-electron chi connectivity index (χ4n) is 4.84. The van der Waals surface area contributed by atoms with Gasteiger partial charge in [0.15, 0.2) is 23.0 Å². The maximum atomic E-state index is 13.3. The van der Waals surface area contributed by atoms with Crippen molar-refractivity contribution in [2.24, 2.45) is 0 Å². The molecule has 1 saturated heterocycles. The van der Waals surface area contributed by atoms with E-state index in [1.807, 2.05) is 24.3 Å². The predicted octanol–water partition coefficient (Wildman–Crippen LogP) is 2.60. The molecule has 1 fully saturated rings. The predicted molar refractivity (Wildman–Crippen MR) is 116 cm³/mol. The molecule has 3 aliphatic heterocycles. The highest BCUT2D eigenvalue weighted by Crippen LogP contribution is 2.39. The van der Waals surface area contributed by atoms with Crippen molar-refractivity contribution >= 4 is 11.8 Å². The number of likely N-dealkylation sites (tertiary alicyclic amines) is 1. The Morgan fingerprint density at radius 3 is 2.62 bits per heavy atom. The highest BCUT2D eigenvalue weighted by molar-refractivity contribution is 6.23. The second kappa shape index (κ2) is 8.35. The Morgan fingerprint density at radius 2 is 1.84 bits per heavy atom. The number of hydrogen-bond acceptors (Lipinski definition) is 7. The van der Waals surface area contributed by atoms with Gasteiger partial charge < -0.3 is 18.9 Å². The van der Waals surface area contributed by atoms with Crippen molar-refractivity contribution in [3.8, 4) is 23.0 Å². The second-order valence-corrected chi connectivity index (χ2v) is 8.26. The molecule has 2 amide bonds. The lowest BCUT2D eigenvalue weighted by molar-refractivity contribution is 0.0300. The van der Waals surface area contributed by atoms with Crippen LogP contribution in [0.25, 0.3) is 0 Å². The lowest BCUT2D eigenvalue weighted by Gasteiger charge is -2.38. The molecule has 0 bridgehead atoms. The van der Waals surface area contributed by atoms with E-state index in [4.69, 9.17) is 18.9 Å². The first-order chi connectivity index (χ1) is 15.6. The van der Waals surface area contributed by atoms with Crippen molar-refractivity contribution in [2.45, 2.75) is 25.0 Å². The number of amides is 2. The minimum Gasteiger partial charge on any atom is -0.493 e. The normalized spacial score (nSPS) is 22.6. The zero-order valence-electron chi connectivity index (χ0n) is 18.2. The van der Waals surface area contributed by atoms with Gasteiger partial charge in [-0.05, 0) is 43.7 Å². The van der Waals surface area contributed by atoms with Crippen LogP contribution in [0.15, 0.2) is 36.4 Å². The average molecular weight is 438 g/mol. The van der Waals surface area contributed by atoms with Crippen LogP contribution >= 0.6 is 0 Å². The third kappa shape index (κ3) is 3.44. The molecule has 168 valence electrons. The summed E-state index contributed by atoms with van der Waals surface area (Å²) in [6.45, 7) is 2.64. The Balaban J connectivity index is 1.30. The largest absolute Gasteiger partial charge is 0.493 e. The van der Waals surface area contributed by atoms with Crippen LogP contribution in [0, 0.1) is 0 Å². The molecular formula is C24H26N2O6. The molecule has 0 aliphatic carbocycles. The number of rotatable bonds is 5. The Labute approximate surface area is 186 Å². The molecule has 2 aromatic carbocycles. The molecule has 0 spiro atoms. The number of carbonyl (C=O) groups is 2. The van der Waals surface area contributed by atoms with E-state index in [0.29, 0.717) is 36.8 Å². The van der Waals surface area contributed by atoms with Gasteiger partial charge in [-0.2, -0.15) is 0 Å². The number of carbonyl (C=O) groups excluding carboxylic acids is 2. The van der Waals surface area contributed by atoms with Gasteiger partial charge in [-0.3, -0.25) is 19.4 Å². The third-order valence-electron chi connectivity index (χ3n) is 6.30. The Hall–Kier alpha value is -3.26. The minimum atomic E-state index is -0.321. The molecule has 2 unspecified atom stereocenters. The number of ether oxygens (including phenoxy) is 4. The molecule has 32 heavy (non-hydrogen) atoms. The van der Waals surface area contributed by atoms with Crippen LogP contribution < -0.4 is 18.9 Å². The van der Waals surface area contributed by atoms with Crippen molar-refractivity contribution in [2.75, 3.05) is 40.5 Å². The number of piperidine rings is 1. The second-order valence-electron chi connectivity index (χ2n) is 8.26. The van der Waals surface area contributed by atoms with Gasteiger partial charge in [-0.1, -0.05) is 12.1 Å². The number of benzene rings is 2. The lowest BCUT2D eigenvalue weighted by atomic mass is 10.0. The van der Waals surface area contributed by atoms with Crippen LogP contribution in [0.1, 0.15) is 33.6 Å². The molecule has 3 aliphatic rings. The summed E-state index contributed by atoms with van der Waals surface area (Å²) in [5, 5.41) is 0. The number of imide groups is 1. The van der Waals surface area contributed by atoms with E-state index in [1.165, 1.54) is 19.1 Å². The van der Waals surface area contributed by atoms with E-state index in [0.717, 1.165) is 30.9 Å². The van der Waals surface area contributed by atoms with E-state index in [1.54, 1.807) is 12.1 Å². The number of nitrogens with zero attached hydrogens (tertiary/aromatic N) is 2. The molecule has 0 radical (unpaired) electrons. The molecule has 3 heterocycles. The summed E-state index contributed by atoms with van der Waals surface area (Å²) in [5.41, 5.74) is 0.653. The number of methoxy groups -OCH3 is 2. The van der Waals surface area contributed by atoms with Gasteiger partial charge in [0.25, 0.3) is 11.8 Å². The molecule has 5 rings (SSSR count). The summed E-state index contributed by atoms with van der Waals surface area (Å²) in [6, 6.07) is 10.7. The first-order valence-corrected chi connectivity index (χ1v) is 10.8.